The average molecular weight is 393 g/mol. The minimum absolute atomic E-state index is 0.112. The maximum atomic E-state index is 13.8. The number of esters is 1. The molecule has 3 rings (SSSR count). The van der Waals surface area contributed by atoms with E-state index in [1.165, 1.54) is 29.5 Å². The Morgan fingerprint density at radius 3 is 2.77 bits per heavy atom. The van der Waals surface area contributed by atoms with E-state index >= 15 is 0 Å². The van der Waals surface area contributed by atoms with Crippen molar-refractivity contribution in [2.75, 3.05) is 6.61 Å². The molecule has 0 saturated carbocycles. The molecule has 26 heavy (non-hydrogen) atoms. The summed E-state index contributed by atoms with van der Waals surface area (Å²) >= 11 is 7.20. The Hall–Kier alpha value is -2.51. The van der Waals surface area contributed by atoms with Gasteiger partial charge in [-0.3, -0.25) is 9.59 Å². The Balaban J connectivity index is 2.13. The van der Waals surface area contributed by atoms with E-state index in [1.807, 2.05) is 0 Å². The first-order valence-corrected chi connectivity index (χ1v) is 8.97. The number of hydrogen-bond donors (Lipinski definition) is 0. The lowest BCUT2D eigenvalue weighted by molar-refractivity contribution is -0.143. The van der Waals surface area contributed by atoms with Crippen LogP contribution in [-0.2, 0) is 16.1 Å². The summed E-state index contributed by atoms with van der Waals surface area (Å²) in [6.07, 6.45) is 0. The summed E-state index contributed by atoms with van der Waals surface area (Å²) in [6.45, 7) is 1.84. The highest BCUT2D eigenvalue weighted by molar-refractivity contribution is 7.16. The van der Waals surface area contributed by atoms with Gasteiger partial charge in [-0.05, 0) is 37.3 Å². The van der Waals surface area contributed by atoms with Gasteiger partial charge in [0.05, 0.1) is 22.4 Å². The fourth-order valence-corrected chi connectivity index (χ4v) is 3.71. The van der Waals surface area contributed by atoms with Gasteiger partial charge in [0.15, 0.2) is 4.80 Å². The normalized spacial score (nSPS) is 11.7. The molecular formula is C18H14ClFN2O3S. The highest BCUT2D eigenvalue weighted by atomic mass is 35.5. The van der Waals surface area contributed by atoms with Crippen molar-refractivity contribution in [2.45, 2.75) is 13.5 Å². The zero-order valence-electron chi connectivity index (χ0n) is 13.7. The summed E-state index contributed by atoms with van der Waals surface area (Å²) in [4.78, 5) is 28.6. The van der Waals surface area contributed by atoms with Gasteiger partial charge in [-0.2, -0.15) is 4.99 Å². The lowest BCUT2D eigenvalue weighted by Crippen LogP contribution is -2.23. The molecule has 0 aliphatic heterocycles. The predicted molar refractivity (Wildman–Crippen MR) is 97.8 cm³/mol. The van der Waals surface area contributed by atoms with E-state index in [4.69, 9.17) is 16.3 Å². The first kappa shape index (κ1) is 18.3. The summed E-state index contributed by atoms with van der Waals surface area (Å²) in [5.41, 5.74) is 0.554. The molecular weight excluding hydrogens is 379 g/mol. The molecule has 0 aliphatic rings. The number of aromatic nitrogens is 1. The molecule has 3 aromatic rings. The van der Waals surface area contributed by atoms with Gasteiger partial charge in [0.25, 0.3) is 5.91 Å². The number of amides is 1. The molecule has 0 spiro atoms. The van der Waals surface area contributed by atoms with Gasteiger partial charge in [-0.25, -0.2) is 4.39 Å². The fraction of sp³-hybridized carbons (Fsp3) is 0.167. The summed E-state index contributed by atoms with van der Waals surface area (Å²) < 4.78 is 21.1. The van der Waals surface area contributed by atoms with Gasteiger partial charge >= 0.3 is 5.97 Å². The molecule has 134 valence electrons. The average Bonchev–Trinajstić information content (AvgIpc) is 2.91. The van der Waals surface area contributed by atoms with Crippen molar-refractivity contribution >= 4 is 45.0 Å². The predicted octanol–water partition coefficient (Wildman–Crippen LogP) is 3.80. The standard InChI is InChI=1S/C18H14ClFN2O3S/c1-2-25-16(23)10-22-14-8-7-11(19)9-15(14)26-18(22)21-17(24)12-5-3-4-6-13(12)20/h3-9H,2,10H2,1H3. The number of halogens is 2. The van der Waals surface area contributed by atoms with Crippen LogP contribution in [0.2, 0.25) is 5.02 Å². The molecule has 1 heterocycles. The van der Waals surface area contributed by atoms with Gasteiger partial charge in [0.2, 0.25) is 0 Å². The van der Waals surface area contributed by atoms with E-state index in [1.54, 1.807) is 35.8 Å². The number of thiazole rings is 1. The van der Waals surface area contributed by atoms with Crippen LogP contribution >= 0.6 is 22.9 Å². The molecule has 1 amide bonds. The van der Waals surface area contributed by atoms with Crippen molar-refractivity contribution < 1.29 is 18.7 Å². The Bertz CT molecular complexity index is 1060. The number of fused-ring (bicyclic) bond motifs is 1. The highest BCUT2D eigenvalue weighted by Gasteiger charge is 2.14. The van der Waals surface area contributed by atoms with Gasteiger partial charge in [0, 0.05) is 5.02 Å². The van der Waals surface area contributed by atoms with Crippen LogP contribution in [0.5, 0.6) is 0 Å². The molecule has 1 aromatic heterocycles. The van der Waals surface area contributed by atoms with E-state index in [2.05, 4.69) is 4.99 Å². The number of ether oxygens (including phenoxy) is 1. The molecule has 0 fully saturated rings. The van der Waals surface area contributed by atoms with Crippen LogP contribution in [0.15, 0.2) is 47.5 Å². The van der Waals surface area contributed by atoms with Crippen LogP contribution in [0.1, 0.15) is 17.3 Å². The SMILES string of the molecule is CCOC(=O)Cn1c(=NC(=O)c2ccccc2F)sc2cc(Cl)ccc21. The topological polar surface area (TPSA) is 60.7 Å². The van der Waals surface area contributed by atoms with Gasteiger partial charge in [-0.1, -0.05) is 35.1 Å². The monoisotopic (exact) mass is 392 g/mol. The first-order chi connectivity index (χ1) is 12.5. The second-order valence-electron chi connectivity index (χ2n) is 5.28. The van der Waals surface area contributed by atoms with Crippen molar-refractivity contribution in [3.63, 3.8) is 0 Å². The third kappa shape index (κ3) is 3.84. The summed E-state index contributed by atoms with van der Waals surface area (Å²) in [6, 6.07) is 10.7. The van der Waals surface area contributed by atoms with Crippen LogP contribution in [0, 0.1) is 5.82 Å². The Morgan fingerprint density at radius 1 is 1.27 bits per heavy atom. The Labute approximate surface area is 157 Å². The van der Waals surface area contributed by atoms with E-state index in [-0.39, 0.29) is 23.5 Å². The van der Waals surface area contributed by atoms with Crippen molar-refractivity contribution in [1.82, 2.24) is 4.57 Å². The van der Waals surface area contributed by atoms with Crippen LogP contribution in [0.4, 0.5) is 4.39 Å². The minimum atomic E-state index is -0.724. The van der Waals surface area contributed by atoms with E-state index in [0.717, 1.165) is 4.70 Å². The molecule has 5 nitrogen and oxygen atoms in total. The maximum absolute atomic E-state index is 13.8. The molecule has 0 saturated heterocycles. The number of hydrogen-bond acceptors (Lipinski definition) is 4. The zero-order valence-corrected chi connectivity index (χ0v) is 15.3. The van der Waals surface area contributed by atoms with Crippen LogP contribution in [-0.4, -0.2) is 23.1 Å². The lowest BCUT2D eigenvalue weighted by Gasteiger charge is -2.05. The molecule has 8 heteroatoms. The molecule has 2 aromatic carbocycles. The minimum Gasteiger partial charge on any atom is -0.465 e. The molecule has 0 unspecified atom stereocenters. The second-order valence-corrected chi connectivity index (χ2v) is 6.73. The van der Waals surface area contributed by atoms with E-state index < -0.39 is 17.7 Å². The molecule has 0 atom stereocenters. The van der Waals surface area contributed by atoms with Gasteiger partial charge in [0.1, 0.15) is 12.4 Å². The highest BCUT2D eigenvalue weighted by Crippen LogP contribution is 2.22. The first-order valence-electron chi connectivity index (χ1n) is 7.77. The van der Waals surface area contributed by atoms with Crippen molar-refractivity contribution in [2.24, 2.45) is 4.99 Å². The zero-order chi connectivity index (χ0) is 18.7. The molecule has 0 N–H and O–H groups in total. The second kappa shape index (κ2) is 7.80. The molecule has 0 radical (unpaired) electrons. The van der Waals surface area contributed by atoms with E-state index in [0.29, 0.717) is 10.5 Å². The number of benzene rings is 2. The quantitative estimate of drug-likeness (QED) is 0.634. The van der Waals surface area contributed by atoms with E-state index in [9.17, 15) is 14.0 Å². The van der Waals surface area contributed by atoms with Gasteiger partial charge < -0.3 is 9.30 Å². The van der Waals surface area contributed by atoms with Crippen LogP contribution in [0.3, 0.4) is 0 Å². The van der Waals surface area contributed by atoms with Gasteiger partial charge in [-0.15, -0.1) is 0 Å². The Kier molecular flexibility index (Phi) is 5.49. The molecule has 0 aliphatic carbocycles. The summed E-state index contributed by atoms with van der Waals surface area (Å²) in [5, 5.41) is 0.522. The number of carbonyl (C=O) groups excluding carboxylic acids is 2. The fourth-order valence-electron chi connectivity index (χ4n) is 2.40. The molecule has 0 bridgehead atoms. The third-order valence-corrected chi connectivity index (χ3v) is 4.82. The summed E-state index contributed by atoms with van der Waals surface area (Å²) in [7, 11) is 0. The van der Waals surface area contributed by atoms with Crippen LogP contribution < -0.4 is 4.80 Å². The van der Waals surface area contributed by atoms with Crippen molar-refractivity contribution in [1.29, 1.82) is 0 Å². The lowest BCUT2D eigenvalue weighted by atomic mass is 10.2. The van der Waals surface area contributed by atoms with Crippen molar-refractivity contribution in [3.05, 3.63) is 63.7 Å². The third-order valence-electron chi connectivity index (χ3n) is 3.54. The maximum Gasteiger partial charge on any atom is 0.326 e. The number of nitrogens with zero attached hydrogens (tertiary/aromatic N) is 2. The number of rotatable bonds is 4. The smallest absolute Gasteiger partial charge is 0.326 e. The van der Waals surface area contributed by atoms with Crippen LogP contribution in [0.25, 0.3) is 10.2 Å². The Morgan fingerprint density at radius 2 is 2.04 bits per heavy atom. The summed E-state index contributed by atoms with van der Waals surface area (Å²) in [5.74, 6) is -1.83. The number of carbonyl (C=O) groups is 2. The van der Waals surface area contributed by atoms with Crippen molar-refractivity contribution in [3.8, 4) is 0 Å². The largest absolute Gasteiger partial charge is 0.465 e.